The minimum Gasteiger partial charge on any atom is -0.508 e. The van der Waals surface area contributed by atoms with Crippen LogP contribution in [-0.4, -0.2) is 68.0 Å². The lowest BCUT2D eigenvalue weighted by Crippen LogP contribution is -2.60. The predicted molar refractivity (Wildman–Crippen MR) is 103 cm³/mol. The van der Waals surface area contributed by atoms with E-state index in [2.05, 4.69) is 0 Å². The van der Waals surface area contributed by atoms with Crippen LogP contribution in [-0.2, 0) is 4.74 Å². The first-order valence-corrected chi connectivity index (χ1v) is 9.35. The first-order chi connectivity index (χ1) is 14.4. The molecule has 2 aromatic rings. The maximum absolute atomic E-state index is 10.2. The molecule has 6 N–H and O–H groups in total. The molecule has 0 aromatic heterocycles. The Morgan fingerprint density at radius 3 is 2.33 bits per heavy atom. The highest BCUT2D eigenvalue weighted by Crippen LogP contribution is 2.42. The molecule has 4 rings (SSSR count). The van der Waals surface area contributed by atoms with Crippen molar-refractivity contribution in [2.45, 2.75) is 36.8 Å². The molecule has 2 aromatic carbocycles. The summed E-state index contributed by atoms with van der Waals surface area (Å²) in [7, 11) is 0. The van der Waals surface area contributed by atoms with E-state index in [1.165, 1.54) is 24.3 Å². The Hall–Kier alpha value is -2.82. The highest BCUT2D eigenvalue weighted by molar-refractivity contribution is 5.68. The normalized spacial score (nSPS) is 30.4. The summed E-state index contributed by atoms with van der Waals surface area (Å²) in [5, 5.41) is 58.9. The molecule has 0 spiro atoms. The summed E-state index contributed by atoms with van der Waals surface area (Å²) in [5.41, 5.74) is 1.26. The van der Waals surface area contributed by atoms with E-state index in [0.29, 0.717) is 11.3 Å². The van der Waals surface area contributed by atoms with Gasteiger partial charge < -0.3 is 44.8 Å². The van der Waals surface area contributed by atoms with Crippen LogP contribution in [0.1, 0.15) is 17.2 Å². The van der Waals surface area contributed by atoms with Crippen LogP contribution in [0.25, 0.3) is 6.08 Å². The van der Waals surface area contributed by atoms with E-state index < -0.39 is 43.4 Å². The van der Waals surface area contributed by atoms with Gasteiger partial charge in [-0.15, -0.1) is 0 Å². The zero-order valence-corrected chi connectivity index (χ0v) is 15.7. The Balaban J connectivity index is 1.59. The van der Waals surface area contributed by atoms with Gasteiger partial charge in [0.15, 0.2) is 0 Å². The third-order valence-electron chi connectivity index (χ3n) is 5.09. The average Bonchev–Trinajstić information content (AvgIpc) is 2.74. The van der Waals surface area contributed by atoms with Gasteiger partial charge in [-0.25, -0.2) is 0 Å². The minimum absolute atomic E-state index is 0.120. The number of ether oxygens (including phenoxy) is 3. The number of aromatic hydroxyl groups is 2. The molecule has 6 unspecified atom stereocenters. The lowest BCUT2D eigenvalue weighted by atomic mass is 9.99. The van der Waals surface area contributed by atoms with Crippen molar-refractivity contribution >= 4 is 6.08 Å². The molecule has 0 radical (unpaired) electrons. The van der Waals surface area contributed by atoms with Crippen LogP contribution in [0.5, 0.6) is 23.0 Å². The van der Waals surface area contributed by atoms with Gasteiger partial charge >= 0.3 is 0 Å². The lowest BCUT2D eigenvalue weighted by molar-refractivity contribution is -0.277. The second-order valence-electron chi connectivity index (χ2n) is 7.16. The fourth-order valence-electron chi connectivity index (χ4n) is 3.44. The van der Waals surface area contributed by atoms with Crippen LogP contribution in [0.3, 0.4) is 0 Å². The molecule has 160 valence electrons. The average molecular weight is 418 g/mol. The summed E-state index contributed by atoms with van der Waals surface area (Å²) < 4.78 is 17.0. The van der Waals surface area contributed by atoms with Crippen molar-refractivity contribution in [3.63, 3.8) is 0 Å². The summed E-state index contributed by atoms with van der Waals surface area (Å²) in [6, 6.07) is 9.21. The molecular formula is C21H22O9. The number of fused-ring (bicyclic) bond motifs is 1. The molecule has 9 heteroatoms. The smallest absolute Gasteiger partial charge is 0.229 e. The first-order valence-electron chi connectivity index (χ1n) is 9.35. The minimum atomic E-state index is -1.58. The van der Waals surface area contributed by atoms with E-state index in [1.54, 1.807) is 24.3 Å². The van der Waals surface area contributed by atoms with Gasteiger partial charge in [-0.1, -0.05) is 12.1 Å². The zero-order chi connectivity index (χ0) is 21.4. The molecule has 2 aliphatic rings. The fraction of sp³-hybridized carbons (Fsp3) is 0.333. The Bertz CT molecular complexity index is 925. The number of rotatable bonds is 4. The molecule has 1 fully saturated rings. The SMILES string of the molecule is OCC1OC(Oc2cc(O)cc3c2C=CC(c2ccc(O)cc2)O3)C(O)C(O)C1O. The number of phenols is 2. The summed E-state index contributed by atoms with van der Waals surface area (Å²) in [5.74, 6) is 0.407. The summed E-state index contributed by atoms with van der Waals surface area (Å²) in [4.78, 5) is 0. The number of hydrogen-bond acceptors (Lipinski definition) is 9. The Morgan fingerprint density at radius 1 is 0.900 bits per heavy atom. The van der Waals surface area contributed by atoms with Gasteiger partial charge in [-0.3, -0.25) is 0 Å². The monoisotopic (exact) mass is 418 g/mol. The first kappa shape index (κ1) is 20.5. The zero-order valence-electron chi connectivity index (χ0n) is 15.7. The van der Waals surface area contributed by atoms with Gasteiger partial charge in [-0.05, 0) is 29.8 Å². The highest BCUT2D eigenvalue weighted by atomic mass is 16.7. The van der Waals surface area contributed by atoms with E-state index in [-0.39, 0.29) is 17.2 Å². The molecule has 9 nitrogen and oxygen atoms in total. The Labute approximate surface area is 171 Å². The Morgan fingerprint density at radius 2 is 1.63 bits per heavy atom. The fourth-order valence-corrected chi connectivity index (χ4v) is 3.44. The maximum Gasteiger partial charge on any atom is 0.229 e. The van der Waals surface area contributed by atoms with Crippen molar-refractivity contribution in [2.24, 2.45) is 0 Å². The van der Waals surface area contributed by atoms with Crippen molar-refractivity contribution in [3.05, 3.63) is 53.6 Å². The highest BCUT2D eigenvalue weighted by Gasteiger charge is 2.45. The molecule has 0 bridgehead atoms. The number of aliphatic hydroxyl groups is 4. The molecule has 1 saturated heterocycles. The number of benzene rings is 2. The number of aliphatic hydroxyl groups excluding tert-OH is 4. The molecule has 2 heterocycles. The van der Waals surface area contributed by atoms with Crippen molar-refractivity contribution in [1.82, 2.24) is 0 Å². The second-order valence-corrected chi connectivity index (χ2v) is 7.16. The van der Waals surface area contributed by atoms with Crippen LogP contribution in [0, 0.1) is 0 Å². The van der Waals surface area contributed by atoms with Gasteiger partial charge in [0, 0.05) is 12.1 Å². The number of phenolic OH excluding ortho intramolecular Hbond substituents is 2. The van der Waals surface area contributed by atoms with Gasteiger partial charge in [0.25, 0.3) is 0 Å². The summed E-state index contributed by atoms with van der Waals surface area (Å²) in [6.07, 6.45) is -4.17. The van der Waals surface area contributed by atoms with E-state index in [0.717, 1.165) is 5.56 Å². The van der Waals surface area contributed by atoms with Crippen molar-refractivity contribution in [2.75, 3.05) is 6.61 Å². The van der Waals surface area contributed by atoms with Crippen LogP contribution in [0.4, 0.5) is 0 Å². The Kier molecular flexibility index (Phi) is 5.54. The van der Waals surface area contributed by atoms with Crippen LogP contribution >= 0.6 is 0 Å². The van der Waals surface area contributed by atoms with E-state index in [4.69, 9.17) is 14.2 Å². The van der Waals surface area contributed by atoms with Gasteiger partial charge in [-0.2, -0.15) is 0 Å². The predicted octanol–water partition coefficient (Wildman–Crippen LogP) is 0.423. The second kappa shape index (κ2) is 8.13. The van der Waals surface area contributed by atoms with Crippen LogP contribution in [0.2, 0.25) is 0 Å². The quantitative estimate of drug-likeness (QED) is 0.415. The third kappa shape index (κ3) is 3.81. The standard InChI is InChI=1S/C21H22O9/c22-9-17-18(25)19(26)20(27)21(30-17)29-16-8-12(24)7-15-13(16)5-6-14(28-15)10-1-3-11(23)4-2-10/h1-8,14,17-27H,9H2. The molecule has 0 aliphatic carbocycles. The molecule has 30 heavy (non-hydrogen) atoms. The molecular weight excluding hydrogens is 396 g/mol. The third-order valence-corrected chi connectivity index (χ3v) is 5.09. The van der Waals surface area contributed by atoms with Crippen LogP contribution in [0.15, 0.2) is 42.5 Å². The van der Waals surface area contributed by atoms with Gasteiger partial charge in [0.2, 0.25) is 6.29 Å². The molecule has 0 amide bonds. The van der Waals surface area contributed by atoms with E-state index in [9.17, 15) is 30.6 Å². The van der Waals surface area contributed by atoms with Gasteiger partial charge in [0.1, 0.15) is 53.5 Å². The van der Waals surface area contributed by atoms with Crippen LogP contribution < -0.4 is 9.47 Å². The van der Waals surface area contributed by atoms with Crippen molar-refractivity contribution in [1.29, 1.82) is 0 Å². The number of hydrogen-bond donors (Lipinski definition) is 6. The van der Waals surface area contributed by atoms with Crippen molar-refractivity contribution < 1.29 is 44.8 Å². The molecule has 2 aliphatic heterocycles. The maximum atomic E-state index is 10.2. The van der Waals surface area contributed by atoms with E-state index >= 15 is 0 Å². The lowest BCUT2D eigenvalue weighted by Gasteiger charge is -2.39. The molecule has 0 saturated carbocycles. The largest absolute Gasteiger partial charge is 0.508 e. The van der Waals surface area contributed by atoms with Crippen molar-refractivity contribution in [3.8, 4) is 23.0 Å². The van der Waals surface area contributed by atoms with E-state index in [1.807, 2.05) is 0 Å². The summed E-state index contributed by atoms with van der Waals surface area (Å²) in [6.45, 7) is -0.583. The molecule has 6 atom stereocenters. The van der Waals surface area contributed by atoms with Gasteiger partial charge in [0.05, 0.1) is 12.2 Å². The topological polar surface area (TPSA) is 149 Å². The summed E-state index contributed by atoms with van der Waals surface area (Å²) >= 11 is 0.